The van der Waals surface area contributed by atoms with E-state index in [0.717, 1.165) is 5.56 Å². The molecule has 0 unspecified atom stereocenters. The number of rotatable bonds is 4. The molecule has 0 radical (unpaired) electrons. The third-order valence-corrected chi connectivity index (χ3v) is 3.26. The van der Waals surface area contributed by atoms with Crippen LogP contribution in [0, 0.1) is 6.92 Å². The van der Waals surface area contributed by atoms with Gasteiger partial charge in [-0.1, -0.05) is 42.0 Å². The van der Waals surface area contributed by atoms with Gasteiger partial charge in [0.15, 0.2) is 5.11 Å². The fourth-order valence-corrected chi connectivity index (χ4v) is 2.04. The van der Waals surface area contributed by atoms with Crippen LogP contribution in [0.4, 0.5) is 5.69 Å². The maximum atomic E-state index is 11.3. The van der Waals surface area contributed by atoms with Gasteiger partial charge in [-0.2, -0.15) is 0 Å². The van der Waals surface area contributed by atoms with E-state index in [1.165, 1.54) is 5.56 Å². The highest BCUT2D eigenvalue weighted by molar-refractivity contribution is 7.80. The number of amides is 1. The van der Waals surface area contributed by atoms with Gasteiger partial charge in [0.1, 0.15) is 0 Å². The topological polar surface area (TPSA) is 67.2 Å². The summed E-state index contributed by atoms with van der Waals surface area (Å²) in [4.78, 5) is 11.3. The number of aryl methyl sites for hydroxylation is 1. The third-order valence-electron chi connectivity index (χ3n) is 3.01. The molecule has 0 aromatic heterocycles. The van der Waals surface area contributed by atoms with Gasteiger partial charge in [0, 0.05) is 6.54 Å². The van der Waals surface area contributed by atoms with E-state index >= 15 is 0 Å². The molecular weight excluding hydrogens is 282 g/mol. The van der Waals surface area contributed by atoms with Gasteiger partial charge in [-0.05, 0) is 36.8 Å². The lowest BCUT2D eigenvalue weighted by Gasteiger charge is -2.12. The molecule has 4 nitrogen and oxygen atoms in total. The fourth-order valence-electron chi connectivity index (χ4n) is 1.86. The maximum absolute atomic E-state index is 11.3. The Kier molecular flexibility index (Phi) is 4.90. The number of carbonyl (C=O) groups is 1. The smallest absolute Gasteiger partial charge is 0.250 e. The standard InChI is InChI=1S/C16H17N3OS/c1-11-6-8-12(9-7-11)10-18-16(21)19-14-5-3-2-4-13(14)15(17)20/h2-9H,10H2,1H3,(H2,17,20)(H2,18,19,21). The molecule has 2 aromatic rings. The summed E-state index contributed by atoms with van der Waals surface area (Å²) >= 11 is 5.23. The number of nitrogens with two attached hydrogens (primary N) is 1. The molecule has 21 heavy (non-hydrogen) atoms. The first kappa shape index (κ1) is 15.0. The van der Waals surface area contributed by atoms with Gasteiger partial charge in [-0.3, -0.25) is 4.79 Å². The summed E-state index contributed by atoms with van der Waals surface area (Å²) in [5.41, 5.74) is 8.69. The molecule has 0 bridgehead atoms. The van der Waals surface area contributed by atoms with Crippen molar-refractivity contribution in [2.75, 3.05) is 5.32 Å². The highest BCUT2D eigenvalue weighted by Gasteiger charge is 2.08. The van der Waals surface area contributed by atoms with E-state index in [1.54, 1.807) is 18.2 Å². The molecule has 108 valence electrons. The maximum Gasteiger partial charge on any atom is 0.250 e. The highest BCUT2D eigenvalue weighted by atomic mass is 32.1. The average Bonchev–Trinajstić information content (AvgIpc) is 2.47. The number of hydrogen-bond acceptors (Lipinski definition) is 2. The first-order valence-corrected chi connectivity index (χ1v) is 6.96. The Morgan fingerprint density at radius 1 is 1.14 bits per heavy atom. The zero-order valence-electron chi connectivity index (χ0n) is 11.7. The minimum Gasteiger partial charge on any atom is -0.366 e. The van der Waals surface area contributed by atoms with E-state index in [2.05, 4.69) is 22.8 Å². The second-order valence-corrected chi connectivity index (χ2v) is 5.11. The molecule has 0 fully saturated rings. The largest absolute Gasteiger partial charge is 0.366 e. The van der Waals surface area contributed by atoms with Gasteiger partial charge < -0.3 is 16.4 Å². The lowest BCUT2D eigenvalue weighted by molar-refractivity contribution is 0.100. The van der Waals surface area contributed by atoms with Crippen molar-refractivity contribution in [2.24, 2.45) is 5.73 Å². The summed E-state index contributed by atoms with van der Waals surface area (Å²) in [6.07, 6.45) is 0. The average molecular weight is 299 g/mol. The van der Waals surface area contributed by atoms with Crippen molar-refractivity contribution in [1.29, 1.82) is 0 Å². The fraction of sp³-hybridized carbons (Fsp3) is 0.125. The van der Waals surface area contributed by atoms with Crippen LogP contribution in [0.5, 0.6) is 0 Å². The first-order chi connectivity index (χ1) is 10.1. The predicted molar refractivity (Wildman–Crippen MR) is 89.2 cm³/mol. The lowest BCUT2D eigenvalue weighted by atomic mass is 10.1. The van der Waals surface area contributed by atoms with Gasteiger partial charge in [0.05, 0.1) is 11.3 Å². The third kappa shape index (κ3) is 4.29. The van der Waals surface area contributed by atoms with E-state index in [-0.39, 0.29) is 0 Å². The van der Waals surface area contributed by atoms with E-state index in [4.69, 9.17) is 18.0 Å². The minimum atomic E-state index is -0.487. The zero-order valence-corrected chi connectivity index (χ0v) is 12.5. The van der Waals surface area contributed by atoms with E-state index in [9.17, 15) is 4.79 Å². The Labute approximate surface area is 129 Å². The molecule has 0 heterocycles. The summed E-state index contributed by atoms with van der Waals surface area (Å²) < 4.78 is 0. The molecule has 0 aliphatic rings. The highest BCUT2D eigenvalue weighted by Crippen LogP contribution is 2.14. The van der Waals surface area contributed by atoms with Crippen LogP contribution in [0.2, 0.25) is 0 Å². The minimum absolute atomic E-state index is 0.414. The Morgan fingerprint density at radius 2 is 1.81 bits per heavy atom. The lowest BCUT2D eigenvalue weighted by Crippen LogP contribution is -2.29. The van der Waals surface area contributed by atoms with Crippen LogP contribution in [-0.2, 0) is 6.54 Å². The Morgan fingerprint density at radius 3 is 2.48 bits per heavy atom. The van der Waals surface area contributed by atoms with Crippen LogP contribution < -0.4 is 16.4 Å². The van der Waals surface area contributed by atoms with Crippen molar-refractivity contribution < 1.29 is 4.79 Å². The Balaban J connectivity index is 1.96. The van der Waals surface area contributed by atoms with Crippen molar-refractivity contribution in [3.05, 3.63) is 65.2 Å². The summed E-state index contributed by atoms with van der Waals surface area (Å²) in [6, 6.07) is 15.2. The van der Waals surface area contributed by atoms with E-state index < -0.39 is 5.91 Å². The van der Waals surface area contributed by atoms with Crippen molar-refractivity contribution in [3.8, 4) is 0 Å². The molecule has 0 aliphatic heterocycles. The van der Waals surface area contributed by atoms with Gasteiger partial charge in [0.2, 0.25) is 0 Å². The predicted octanol–water partition coefficient (Wildman–Crippen LogP) is 2.58. The monoisotopic (exact) mass is 299 g/mol. The van der Waals surface area contributed by atoms with Crippen LogP contribution in [0.25, 0.3) is 0 Å². The number of primary amides is 1. The number of hydrogen-bond donors (Lipinski definition) is 3. The van der Waals surface area contributed by atoms with Crippen LogP contribution in [0.15, 0.2) is 48.5 Å². The molecule has 0 atom stereocenters. The molecule has 0 saturated heterocycles. The summed E-state index contributed by atoms with van der Waals surface area (Å²) in [5, 5.41) is 6.54. The Bertz CT molecular complexity index is 653. The Hall–Kier alpha value is -2.40. The molecule has 5 heteroatoms. The molecule has 2 rings (SSSR count). The van der Waals surface area contributed by atoms with Crippen LogP contribution >= 0.6 is 12.2 Å². The summed E-state index contributed by atoms with van der Waals surface area (Å²) in [6.45, 7) is 2.66. The number of thiocarbonyl (C=S) groups is 1. The number of anilines is 1. The van der Waals surface area contributed by atoms with Crippen LogP contribution in [-0.4, -0.2) is 11.0 Å². The van der Waals surface area contributed by atoms with Crippen LogP contribution in [0.1, 0.15) is 21.5 Å². The van der Waals surface area contributed by atoms with Gasteiger partial charge >= 0.3 is 0 Å². The summed E-state index contributed by atoms with van der Waals surface area (Å²) in [5.74, 6) is -0.487. The van der Waals surface area contributed by atoms with Crippen molar-refractivity contribution in [2.45, 2.75) is 13.5 Å². The molecule has 4 N–H and O–H groups in total. The zero-order chi connectivity index (χ0) is 15.2. The second kappa shape index (κ2) is 6.85. The number of nitrogens with one attached hydrogen (secondary N) is 2. The molecule has 0 aliphatic carbocycles. The van der Waals surface area contributed by atoms with Gasteiger partial charge in [0.25, 0.3) is 5.91 Å². The number of carbonyl (C=O) groups excluding carboxylic acids is 1. The van der Waals surface area contributed by atoms with E-state index in [1.807, 2.05) is 25.1 Å². The number of para-hydroxylation sites is 1. The van der Waals surface area contributed by atoms with Crippen molar-refractivity contribution >= 4 is 28.9 Å². The van der Waals surface area contributed by atoms with Crippen molar-refractivity contribution in [1.82, 2.24) is 5.32 Å². The van der Waals surface area contributed by atoms with Crippen LogP contribution in [0.3, 0.4) is 0 Å². The van der Waals surface area contributed by atoms with Gasteiger partial charge in [-0.15, -0.1) is 0 Å². The first-order valence-electron chi connectivity index (χ1n) is 6.55. The summed E-state index contributed by atoms with van der Waals surface area (Å²) in [7, 11) is 0. The van der Waals surface area contributed by atoms with E-state index in [0.29, 0.717) is 22.9 Å². The second-order valence-electron chi connectivity index (χ2n) is 4.70. The molecule has 0 spiro atoms. The SMILES string of the molecule is Cc1ccc(CNC(=S)Nc2ccccc2C(N)=O)cc1. The van der Waals surface area contributed by atoms with Gasteiger partial charge in [-0.25, -0.2) is 0 Å². The molecule has 2 aromatic carbocycles. The molecular formula is C16H17N3OS. The van der Waals surface area contributed by atoms with Crippen molar-refractivity contribution in [3.63, 3.8) is 0 Å². The quantitative estimate of drug-likeness (QED) is 0.759. The molecule has 0 saturated carbocycles. The normalized spacial score (nSPS) is 9.95. The molecule has 1 amide bonds. The number of benzene rings is 2.